The number of halogens is 1. The number of nitrogens with zero attached hydrogens (tertiary/aromatic N) is 4. The molecule has 1 saturated heterocycles. The fourth-order valence-electron chi connectivity index (χ4n) is 2.77. The van der Waals surface area contributed by atoms with Crippen molar-refractivity contribution in [1.82, 2.24) is 9.88 Å². The fourth-order valence-corrected chi connectivity index (χ4v) is 2.77. The standard InChI is InChI=1S/C17H17FN4/c1-21-7-9-22(10-8-21)17-13(11-19)3-2-4-15(17)14-5-6-16(18)20-12-14/h2-6,12H,7-10H2,1H3. The lowest BCUT2D eigenvalue weighted by atomic mass is 10.00. The minimum atomic E-state index is -0.499. The van der Waals surface area contributed by atoms with E-state index in [0.29, 0.717) is 5.56 Å². The number of para-hydroxylation sites is 1. The van der Waals surface area contributed by atoms with Gasteiger partial charge in [0.1, 0.15) is 6.07 Å². The maximum atomic E-state index is 13.1. The Kier molecular flexibility index (Phi) is 4.03. The van der Waals surface area contributed by atoms with E-state index in [1.807, 2.05) is 18.2 Å². The number of benzene rings is 1. The summed E-state index contributed by atoms with van der Waals surface area (Å²) in [5, 5.41) is 9.45. The number of pyridine rings is 1. The Bertz CT molecular complexity index is 698. The average molecular weight is 296 g/mol. The zero-order valence-corrected chi connectivity index (χ0v) is 12.5. The quantitative estimate of drug-likeness (QED) is 0.799. The van der Waals surface area contributed by atoms with Crippen molar-refractivity contribution in [2.45, 2.75) is 0 Å². The summed E-state index contributed by atoms with van der Waals surface area (Å²) in [4.78, 5) is 8.23. The van der Waals surface area contributed by atoms with Crippen LogP contribution in [0.25, 0.3) is 11.1 Å². The van der Waals surface area contributed by atoms with Crippen LogP contribution in [0.5, 0.6) is 0 Å². The molecular formula is C17H17FN4. The van der Waals surface area contributed by atoms with Crippen LogP contribution in [-0.4, -0.2) is 43.1 Å². The molecule has 3 rings (SSSR count). The van der Waals surface area contributed by atoms with Crippen LogP contribution < -0.4 is 4.90 Å². The number of piperazine rings is 1. The van der Waals surface area contributed by atoms with Gasteiger partial charge in [-0.1, -0.05) is 12.1 Å². The van der Waals surface area contributed by atoms with Crippen molar-refractivity contribution >= 4 is 5.69 Å². The maximum Gasteiger partial charge on any atom is 0.212 e. The van der Waals surface area contributed by atoms with Crippen LogP contribution in [0.2, 0.25) is 0 Å². The Hall–Kier alpha value is -2.45. The molecular weight excluding hydrogens is 279 g/mol. The topological polar surface area (TPSA) is 43.2 Å². The van der Waals surface area contributed by atoms with E-state index >= 15 is 0 Å². The molecule has 0 bridgehead atoms. The predicted octanol–water partition coefficient (Wildman–Crippen LogP) is 2.51. The first kappa shape index (κ1) is 14.5. The molecule has 4 nitrogen and oxygen atoms in total. The number of anilines is 1. The highest BCUT2D eigenvalue weighted by Gasteiger charge is 2.20. The molecule has 0 unspecified atom stereocenters. The van der Waals surface area contributed by atoms with Crippen molar-refractivity contribution in [2.75, 3.05) is 38.1 Å². The Morgan fingerprint density at radius 3 is 2.55 bits per heavy atom. The van der Waals surface area contributed by atoms with E-state index in [9.17, 15) is 9.65 Å². The summed E-state index contributed by atoms with van der Waals surface area (Å²) >= 11 is 0. The molecule has 1 aliphatic heterocycles. The molecule has 0 saturated carbocycles. The molecule has 1 fully saturated rings. The molecule has 0 aliphatic carbocycles. The van der Waals surface area contributed by atoms with Crippen LogP contribution in [0.15, 0.2) is 36.5 Å². The van der Waals surface area contributed by atoms with E-state index < -0.39 is 5.95 Å². The number of aromatic nitrogens is 1. The van der Waals surface area contributed by atoms with E-state index in [1.165, 1.54) is 12.3 Å². The van der Waals surface area contributed by atoms with E-state index in [2.05, 4.69) is 27.9 Å². The zero-order chi connectivity index (χ0) is 15.5. The first-order valence-corrected chi connectivity index (χ1v) is 7.27. The van der Waals surface area contributed by atoms with E-state index in [1.54, 1.807) is 6.07 Å². The van der Waals surface area contributed by atoms with Gasteiger partial charge in [-0.15, -0.1) is 0 Å². The Labute approximate surface area is 129 Å². The van der Waals surface area contributed by atoms with Gasteiger partial charge in [-0.3, -0.25) is 0 Å². The second-order valence-electron chi connectivity index (χ2n) is 5.47. The summed E-state index contributed by atoms with van der Waals surface area (Å²) in [6.45, 7) is 3.66. The van der Waals surface area contributed by atoms with Crippen LogP contribution >= 0.6 is 0 Å². The van der Waals surface area contributed by atoms with Crippen molar-refractivity contribution in [3.8, 4) is 17.2 Å². The first-order chi connectivity index (χ1) is 10.7. The highest BCUT2D eigenvalue weighted by atomic mass is 19.1. The summed E-state index contributed by atoms with van der Waals surface area (Å²) < 4.78 is 13.1. The normalized spacial score (nSPS) is 15.6. The van der Waals surface area contributed by atoms with Gasteiger partial charge in [0, 0.05) is 43.5 Å². The Morgan fingerprint density at radius 1 is 1.14 bits per heavy atom. The molecule has 0 amide bonds. The van der Waals surface area contributed by atoms with Gasteiger partial charge in [0.2, 0.25) is 5.95 Å². The van der Waals surface area contributed by atoms with Gasteiger partial charge in [-0.05, 0) is 25.2 Å². The SMILES string of the molecule is CN1CCN(c2c(C#N)cccc2-c2ccc(F)nc2)CC1. The minimum absolute atomic E-state index is 0.499. The minimum Gasteiger partial charge on any atom is -0.367 e. The predicted molar refractivity (Wildman–Crippen MR) is 84.1 cm³/mol. The van der Waals surface area contributed by atoms with Crippen LogP contribution in [0.3, 0.4) is 0 Å². The monoisotopic (exact) mass is 296 g/mol. The van der Waals surface area contributed by atoms with Crippen molar-refractivity contribution in [1.29, 1.82) is 5.26 Å². The van der Waals surface area contributed by atoms with Crippen LogP contribution in [0.1, 0.15) is 5.56 Å². The van der Waals surface area contributed by atoms with Crippen LogP contribution in [0, 0.1) is 17.3 Å². The van der Waals surface area contributed by atoms with E-state index in [-0.39, 0.29) is 0 Å². The highest BCUT2D eigenvalue weighted by molar-refractivity contribution is 5.82. The third-order valence-corrected chi connectivity index (χ3v) is 4.01. The van der Waals surface area contributed by atoms with Crippen LogP contribution in [0.4, 0.5) is 10.1 Å². The molecule has 0 N–H and O–H groups in total. The second kappa shape index (κ2) is 6.12. The number of nitriles is 1. The van der Waals surface area contributed by atoms with Gasteiger partial charge >= 0.3 is 0 Å². The van der Waals surface area contributed by atoms with E-state index in [4.69, 9.17) is 0 Å². The number of rotatable bonds is 2. The summed E-state index contributed by atoms with van der Waals surface area (Å²) in [7, 11) is 2.10. The Morgan fingerprint density at radius 2 is 1.91 bits per heavy atom. The third-order valence-electron chi connectivity index (χ3n) is 4.01. The van der Waals surface area contributed by atoms with Gasteiger partial charge in [-0.25, -0.2) is 4.98 Å². The summed E-state index contributed by atoms with van der Waals surface area (Å²) in [5.41, 5.74) is 3.32. The highest BCUT2D eigenvalue weighted by Crippen LogP contribution is 2.34. The van der Waals surface area contributed by atoms with Crippen molar-refractivity contribution in [3.05, 3.63) is 48.0 Å². The molecule has 112 valence electrons. The second-order valence-corrected chi connectivity index (χ2v) is 5.47. The zero-order valence-electron chi connectivity index (χ0n) is 12.5. The lowest BCUT2D eigenvalue weighted by molar-refractivity contribution is 0.313. The lowest BCUT2D eigenvalue weighted by Crippen LogP contribution is -2.45. The molecule has 0 radical (unpaired) electrons. The third kappa shape index (κ3) is 2.78. The molecule has 0 spiro atoms. The van der Waals surface area contributed by atoms with Gasteiger partial charge in [0.05, 0.1) is 11.3 Å². The molecule has 22 heavy (non-hydrogen) atoms. The van der Waals surface area contributed by atoms with Crippen molar-refractivity contribution in [3.63, 3.8) is 0 Å². The largest absolute Gasteiger partial charge is 0.367 e. The van der Waals surface area contributed by atoms with Crippen molar-refractivity contribution in [2.24, 2.45) is 0 Å². The van der Waals surface area contributed by atoms with Crippen molar-refractivity contribution < 1.29 is 4.39 Å². The van der Waals surface area contributed by atoms with Gasteiger partial charge in [0.25, 0.3) is 0 Å². The number of likely N-dealkylation sites (N-methyl/N-ethyl adjacent to an activating group) is 1. The average Bonchev–Trinajstić information content (AvgIpc) is 2.56. The van der Waals surface area contributed by atoms with Gasteiger partial charge in [0.15, 0.2) is 0 Å². The molecule has 1 aromatic heterocycles. The molecule has 1 aromatic carbocycles. The maximum absolute atomic E-state index is 13.1. The summed E-state index contributed by atoms with van der Waals surface area (Å²) in [6.07, 6.45) is 1.52. The van der Waals surface area contributed by atoms with Gasteiger partial charge in [-0.2, -0.15) is 9.65 Å². The lowest BCUT2D eigenvalue weighted by Gasteiger charge is -2.35. The van der Waals surface area contributed by atoms with Gasteiger partial charge < -0.3 is 9.80 Å². The fraction of sp³-hybridized carbons (Fsp3) is 0.294. The van der Waals surface area contributed by atoms with E-state index in [0.717, 1.165) is 43.0 Å². The Balaban J connectivity index is 2.07. The molecule has 5 heteroatoms. The summed E-state index contributed by atoms with van der Waals surface area (Å²) in [5.74, 6) is -0.499. The smallest absolute Gasteiger partial charge is 0.212 e. The first-order valence-electron chi connectivity index (χ1n) is 7.27. The molecule has 2 heterocycles. The van der Waals surface area contributed by atoms with Crippen LogP contribution in [-0.2, 0) is 0 Å². The number of hydrogen-bond acceptors (Lipinski definition) is 4. The summed E-state index contributed by atoms with van der Waals surface area (Å²) in [6, 6.07) is 11.0. The number of hydrogen-bond donors (Lipinski definition) is 0. The molecule has 0 atom stereocenters. The molecule has 2 aromatic rings. The molecule has 1 aliphatic rings.